The monoisotopic (exact) mass is 647 g/mol. The second-order valence-corrected chi connectivity index (χ2v) is 12.6. The zero-order valence-corrected chi connectivity index (χ0v) is 28.4. The quantitative estimate of drug-likeness (QED) is 0.194. The van der Waals surface area contributed by atoms with E-state index in [1.165, 1.54) is 22.5 Å². The van der Waals surface area contributed by atoms with Crippen LogP contribution in [0.1, 0.15) is 52.2 Å². The van der Waals surface area contributed by atoms with Crippen LogP contribution in [0.5, 0.6) is 11.5 Å². The van der Waals surface area contributed by atoms with Crippen LogP contribution in [0.15, 0.2) is 88.2 Å². The van der Waals surface area contributed by atoms with Gasteiger partial charge in [0.05, 0.1) is 42.7 Å². The van der Waals surface area contributed by atoms with Crippen LogP contribution in [0.25, 0.3) is 17.5 Å². The van der Waals surface area contributed by atoms with E-state index in [4.69, 9.17) is 19.2 Å². The van der Waals surface area contributed by atoms with E-state index in [1.807, 2.05) is 42.5 Å². The molecule has 47 heavy (non-hydrogen) atoms. The van der Waals surface area contributed by atoms with Gasteiger partial charge in [0, 0.05) is 22.6 Å². The molecular formula is C38H37N3O5S. The fourth-order valence-electron chi connectivity index (χ4n) is 6.33. The van der Waals surface area contributed by atoms with Gasteiger partial charge in [0.25, 0.3) is 5.56 Å². The van der Waals surface area contributed by atoms with Crippen LogP contribution in [0, 0.1) is 27.7 Å². The lowest BCUT2D eigenvalue weighted by atomic mass is 9.93. The molecule has 0 amide bonds. The second-order valence-electron chi connectivity index (χ2n) is 11.6. The molecule has 240 valence electrons. The minimum Gasteiger partial charge on any atom is -0.493 e. The van der Waals surface area contributed by atoms with E-state index < -0.39 is 12.0 Å². The average Bonchev–Trinajstić information content (AvgIpc) is 3.52. The average molecular weight is 648 g/mol. The molecule has 3 heterocycles. The highest BCUT2D eigenvalue weighted by atomic mass is 32.1. The molecule has 1 aliphatic rings. The van der Waals surface area contributed by atoms with E-state index in [-0.39, 0.29) is 17.7 Å². The highest BCUT2D eigenvalue weighted by molar-refractivity contribution is 7.07. The van der Waals surface area contributed by atoms with Gasteiger partial charge in [0.2, 0.25) is 0 Å². The largest absolute Gasteiger partial charge is 0.493 e. The Morgan fingerprint density at radius 3 is 2.28 bits per heavy atom. The van der Waals surface area contributed by atoms with Gasteiger partial charge in [-0.25, -0.2) is 9.79 Å². The van der Waals surface area contributed by atoms with Gasteiger partial charge in [-0.05, 0) is 93.3 Å². The number of nitrogens with zero attached hydrogens (tertiary/aromatic N) is 3. The first kappa shape index (κ1) is 31.8. The van der Waals surface area contributed by atoms with Crippen molar-refractivity contribution in [2.24, 2.45) is 4.99 Å². The maximum atomic E-state index is 14.5. The Labute approximate surface area is 277 Å². The number of rotatable bonds is 8. The van der Waals surface area contributed by atoms with Crippen LogP contribution in [-0.2, 0) is 9.53 Å². The predicted octanol–water partition coefficient (Wildman–Crippen LogP) is 5.98. The van der Waals surface area contributed by atoms with Gasteiger partial charge in [-0.15, -0.1) is 0 Å². The van der Waals surface area contributed by atoms with E-state index in [0.29, 0.717) is 32.1 Å². The summed E-state index contributed by atoms with van der Waals surface area (Å²) in [4.78, 5) is 33.7. The first-order chi connectivity index (χ1) is 22.6. The van der Waals surface area contributed by atoms with Gasteiger partial charge >= 0.3 is 5.97 Å². The highest BCUT2D eigenvalue weighted by Crippen LogP contribution is 2.38. The molecule has 0 saturated heterocycles. The molecule has 1 atom stereocenters. The summed E-state index contributed by atoms with van der Waals surface area (Å²) in [5.74, 6) is 0.473. The molecule has 0 unspecified atom stereocenters. The van der Waals surface area contributed by atoms with E-state index in [2.05, 4.69) is 56.5 Å². The first-order valence-corrected chi connectivity index (χ1v) is 16.2. The lowest BCUT2D eigenvalue weighted by Crippen LogP contribution is -2.40. The minimum absolute atomic E-state index is 0.170. The van der Waals surface area contributed by atoms with E-state index in [9.17, 15) is 9.59 Å². The van der Waals surface area contributed by atoms with Crippen molar-refractivity contribution >= 4 is 29.1 Å². The van der Waals surface area contributed by atoms with Crippen molar-refractivity contribution in [2.75, 3.05) is 20.8 Å². The molecule has 0 spiro atoms. The fourth-order valence-corrected chi connectivity index (χ4v) is 7.32. The van der Waals surface area contributed by atoms with Gasteiger partial charge in [0.15, 0.2) is 16.3 Å². The Morgan fingerprint density at radius 1 is 0.915 bits per heavy atom. The number of aromatic nitrogens is 2. The zero-order chi connectivity index (χ0) is 33.4. The van der Waals surface area contributed by atoms with E-state index in [1.54, 1.807) is 37.8 Å². The van der Waals surface area contributed by atoms with Crippen LogP contribution in [0.3, 0.4) is 0 Å². The number of carbonyl (C=O) groups excluding carboxylic acids is 1. The van der Waals surface area contributed by atoms with Crippen molar-refractivity contribution in [3.05, 3.63) is 137 Å². The van der Waals surface area contributed by atoms with Crippen molar-refractivity contribution in [1.29, 1.82) is 0 Å². The number of thiazole rings is 1. The Kier molecular flexibility index (Phi) is 8.75. The summed E-state index contributed by atoms with van der Waals surface area (Å²) >= 11 is 1.30. The molecule has 1 aliphatic heterocycles. The third-order valence-corrected chi connectivity index (χ3v) is 9.30. The van der Waals surface area contributed by atoms with Crippen LogP contribution in [0.4, 0.5) is 0 Å². The van der Waals surface area contributed by atoms with Crippen molar-refractivity contribution in [1.82, 2.24) is 9.13 Å². The summed E-state index contributed by atoms with van der Waals surface area (Å²) in [6, 6.07) is 22.7. The molecule has 0 fully saturated rings. The minimum atomic E-state index is -0.829. The van der Waals surface area contributed by atoms with Gasteiger partial charge in [-0.3, -0.25) is 9.36 Å². The standard InChI is InChI=1S/C38H37N3O5S/c1-8-46-37(43)33-34(26-12-10-9-11-13-26)39-38-41(35(33)27-14-15-30(44-6)31(20-27)45-7)36(42)32(47-38)21-28-19-24(4)40(25(28)5)29-17-22(2)16-23(3)18-29/h9-21,35H,8H2,1-7H3/b32-21+/t35-/m0/s1. The molecule has 2 aromatic heterocycles. The summed E-state index contributed by atoms with van der Waals surface area (Å²) in [5.41, 5.74) is 8.36. The third kappa shape index (κ3) is 5.83. The molecule has 3 aromatic carbocycles. The second kappa shape index (κ2) is 12.9. The Bertz CT molecular complexity index is 2200. The number of fused-ring (bicyclic) bond motifs is 1. The van der Waals surface area contributed by atoms with Crippen molar-refractivity contribution < 1.29 is 19.0 Å². The fraction of sp³-hybridized carbons (Fsp3) is 0.237. The maximum Gasteiger partial charge on any atom is 0.338 e. The Morgan fingerprint density at radius 2 is 1.62 bits per heavy atom. The molecule has 0 radical (unpaired) electrons. The number of hydrogen-bond acceptors (Lipinski definition) is 7. The van der Waals surface area contributed by atoms with Gasteiger partial charge in [-0.1, -0.05) is 53.8 Å². The molecule has 0 N–H and O–H groups in total. The third-order valence-electron chi connectivity index (χ3n) is 8.32. The van der Waals surface area contributed by atoms with Crippen LogP contribution >= 0.6 is 11.3 Å². The maximum absolute atomic E-state index is 14.5. The lowest BCUT2D eigenvalue weighted by molar-refractivity contribution is -0.138. The summed E-state index contributed by atoms with van der Waals surface area (Å²) in [7, 11) is 3.12. The number of hydrogen-bond donors (Lipinski definition) is 0. The van der Waals surface area contributed by atoms with E-state index in [0.717, 1.165) is 28.2 Å². The number of aryl methyl sites for hydroxylation is 3. The lowest BCUT2D eigenvalue weighted by Gasteiger charge is -2.26. The van der Waals surface area contributed by atoms with Crippen molar-refractivity contribution in [3.8, 4) is 17.2 Å². The molecule has 9 heteroatoms. The van der Waals surface area contributed by atoms with Gasteiger partial charge in [-0.2, -0.15) is 0 Å². The number of benzene rings is 3. The van der Waals surface area contributed by atoms with E-state index >= 15 is 0 Å². The number of esters is 1. The molecule has 0 saturated carbocycles. The first-order valence-electron chi connectivity index (χ1n) is 15.4. The summed E-state index contributed by atoms with van der Waals surface area (Å²) in [5, 5.41) is 0. The van der Waals surface area contributed by atoms with Gasteiger partial charge < -0.3 is 18.8 Å². The summed E-state index contributed by atoms with van der Waals surface area (Å²) in [6.07, 6.45) is 1.92. The molecule has 0 bridgehead atoms. The number of carbonyl (C=O) groups is 1. The molecular weight excluding hydrogens is 611 g/mol. The smallest absolute Gasteiger partial charge is 0.338 e. The van der Waals surface area contributed by atoms with Crippen LogP contribution < -0.4 is 24.4 Å². The number of ether oxygens (including phenoxy) is 3. The summed E-state index contributed by atoms with van der Waals surface area (Å²) in [6.45, 7) is 10.2. The highest BCUT2D eigenvalue weighted by Gasteiger charge is 2.35. The molecule has 6 rings (SSSR count). The van der Waals surface area contributed by atoms with Crippen molar-refractivity contribution in [2.45, 2.75) is 40.7 Å². The van der Waals surface area contributed by atoms with Gasteiger partial charge in [0.1, 0.15) is 0 Å². The van der Waals surface area contributed by atoms with Crippen LogP contribution in [0.2, 0.25) is 0 Å². The van der Waals surface area contributed by atoms with Crippen LogP contribution in [-0.4, -0.2) is 35.9 Å². The SMILES string of the molecule is CCOC(=O)C1=C(c2ccccc2)N=c2s/c(=C/c3cc(C)n(-c4cc(C)cc(C)c4)c3C)c(=O)n2[C@H]1c1ccc(OC)c(OC)c1. The topological polar surface area (TPSA) is 84.1 Å². The zero-order valence-electron chi connectivity index (χ0n) is 27.6. The Balaban J connectivity index is 1.62. The number of methoxy groups -OCH3 is 2. The molecule has 0 aliphatic carbocycles. The normalized spacial score (nSPS) is 14.5. The predicted molar refractivity (Wildman–Crippen MR) is 185 cm³/mol. The van der Waals surface area contributed by atoms with Crippen molar-refractivity contribution in [3.63, 3.8) is 0 Å². The Hall–Kier alpha value is -5.15. The summed E-state index contributed by atoms with van der Waals surface area (Å²) < 4.78 is 21.0. The molecule has 5 aromatic rings. The molecule has 8 nitrogen and oxygen atoms in total.